The van der Waals surface area contributed by atoms with Crippen molar-refractivity contribution in [3.63, 3.8) is 0 Å². The molecule has 1 saturated carbocycles. The van der Waals surface area contributed by atoms with Crippen LogP contribution in [-0.2, 0) is 14.9 Å². The normalized spacial score (nSPS) is 19.1. The first-order chi connectivity index (χ1) is 33.0. The molecule has 6 heteroatoms. The first kappa shape index (κ1) is 65.5. The molecule has 2 aliphatic heterocycles. The van der Waals surface area contributed by atoms with Gasteiger partial charge in [-0.1, -0.05) is 193 Å². The summed E-state index contributed by atoms with van der Waals surface area (Å²) in [5.41, 5.74) is 7.66. The Labute approximate surface area is 427 Å². The highest BCUT2D eigenvalue weighted by Crippen LogP contribution is 2.52. The van der Waals surface area contributed by atoms with Gasteiger partial charge in [0.2, 0.25) is 5.91 Å². The van der Waals surface area contributed by atoms with Crippen LogP contribution in [0.25, 0.3) is 5.57 Å². The third-order valence-electron chi connectivity index (χ3n) is 13.8. The Morgan fingerprint density at radius 1 is 0.913 bits per heavy atom. The third kappa shape index (κ3) is 21.0. The summed E-state index contributed by atoms with van der Waals surface area (Å²) in [4.78, 5) is 21.6. The number of allylic oxidation sites excluding steroid dienone is 10. The average Bonchev–Trinajstić information content (AvgIpc) is 3.53. The SMILES string of the molecule is CC.CCC.CCC(C)C1COC1.CCCC(C)(C)CC.C\C=C/C(N/C(C)=C(C)/C(=C\C(=C\CC)c1ccc2c(c1)N(C1CC(CCC)C1)C(=O)C2(CCC)CCC)N=CCC)=C(F)\C=C\CC. The van der Waals surface area contributed by atoms with Gasteiger partial charge in [0.05, 0.1) is 30.0 Å². The predicted molar refractivity (Wildman–Crippen MR) is 306 cm³/mol. The molecule has 69 heavy (non-hydrogen) atoms. The molecule has 2 heterocycles. The number of ether oxygens (including phenoxy) is 1. The summed E-state index contributed by atoms with van der Waals surface area (Å²) in [6, 6.07) is 7.02. The van der Waals surface area contributed by atoms with Crippen LogP contribution >= 0.6 is 0 Å². The Kier molecular flexibility index (Phi) is 34.6. The number of nitrogens with one attached hydrogen (secondary N) is 1. The van der Waals surface area contributed by atoms with Crippen LogP contribution in [0.15, 0.2) is 88.1 Å². The van der Waals surface area contributed by atoms with E-state index in [4.69, 9.17) is 9.73 Å². The zero-order chi connectivity index (χ0) is 52.6. The monoisotopic (exact) mass is 958 g/mol. The van der Waals surface area contributed by atoms with Gasteiger partial charge in [0.1, 0.15) is 5.83 Å². The van der Waals surface area contributed by atoms with Crippen LogP contribution in [-0.4, -0.2) is 31.4 Å². The third-order valence-corrected chi connectivity index (χ3v) is 13.8. The topological polar surface area (TPSA) is 53.9 Å². The quantitative estimate of drug-likeness (QED) is 0.0878. The van der Waals surface area contributed by atoms with Gasteiger partial charge in [0.15, 0.2) is 0 Å². The predicted octanol–water partition coefficient (Wildman–Crippen LogP) is 19.6. The van der Waals surface area contributed by atoms with E-state index in [1.165, 1.54) is 56.6 Å². The summed E-state index contributed by atoms with van der Waals surface area (Å²) in [5, 5.41) is 3.31. The second kappa shape index (κ2) is 36.4. The lowest BCUT2D eigenvalue weighted by molar-refractivity contribution is -0.124. The van der Waals surface area contributed by atoms with Gasteiger partial charge in [-0.2, -0.15) is 0 Å². The molecule has 0 bridgehead atoms. The molecule has 1 aromatic carbocycles. The Balaban J connectivity index is 0.00000182. The van der Waals surface area contributed by atoms with Gasteiger partial charge >= 0.3 is 0 Å². The van der Waals surface area contributed by atoms with Gasteiger partial charge in [-0.15, -0.1) is 0 Å². The Morgan fingerprint density at radius 2 is 1.54 bits per heavy atom. The number of hydrogen-bond acceptors (Lipinski definition) is 4. The molecular weight excluding hydrogens is 850 g/mol. The van der Waals surface area contributed by atoms with E-state index in [2.05, 4.69) is 131 Å². The summed E-state index contributed by atoms with van der Waals surface area (Å²) < 4.78 is 20.1. The minimum Gasteiger partial charge on any atom is -0.381 e. The molecule has 1 N–H and O–H groups in total. The number of amides is 1. The maximum Gasteiger partial charge on any atom is 0.237 e. The van der Waals surface area contributed by atoms with Crippen molar-refractivity contribution in [2.24, 2.45) is 28.2 Å². The van der Waals surface area contributed by atoms with Gasteiger partial charge in [-0.3, -0.25) is 9.79 Å². The zero-order valence-electron chi connectivity index (χ0n) is 48.4. The van der Waals surface area contributed by atoms with Gasteiger partial charge in [-0.05, 0) is 136 Å². The fraction of sp³-hybridized carbons (Fsp3) is 0.683. The van der Waals surface area contributed by atoms with Crippen molar-refractivity contribution >= 4 is 23.4 Å². The molecule has 1 amide bonds. The molecule has 3 aliphatic rings. The van der Waals surface area contributed by atoms with Gasteiger partial charge in [0.25, 0.3) is 0 Å². The second-order valence-electron chi connectivity index (χ2n) is 20.2. The summed E-state index contributed by atoms with van der Waals surface area (Å²) in [6.45, 7) is 42.7. The molecule has 0 spiro atoms. The van der Waals surface area contributed by atoms with Crippen molar-refractivity contribution in [1.82, 2.24) is 5.32 Å². The van der Waals surface area contributed by atoms with Gasteiger partial charge in [0, 0.05) is 29.6 Å². The number of carbonyl (C=O) groups is 1. The minimum absolute atomic E-state index is 0.281. The molecule has 1 aromatic rings. The summed E-state index contributed by atoms with van der Waals surface area (Å²) >= 11 is 0. The van der Waals surface area contributed by atoms with E-state index >= 15 is 4.39 Å². The van der Waals surface area contributed by atoms with Gasteiger partial charge in [-0.25, -0.2) is 4.39 Å². The standard InChI is InChI=1S/C43H62FN3O.C8H18.C7H14O.C3H8.C2H6/c1-10-17-21-38(44)39(20-13-4)46-32(9)31(8)40(45-26-16-7)29-34(19-12-3)35-22-23-37-41(30-35)47(36-27-33(28-36)18-11-2)42(48)43(37,24-14-5)25-15-6;1-5-7-8(3,4)6-2;1-3-6(2)7-4-8-5-7;1-3-2;1-2/h13,17,19-23,26,29-30,33,36,46H,10-12,14-16,18,24-25,27-28H2,1-9H3;5-7H2,1-4H3;6-7H,3-5H2,1-2H3;3H2,1-2H3;1-2H3/b20-13-,21-17+,32-31+,34-19-,39-38-,40-29+,45-26?;;;;. The van der Waals surface area contributed by atoms with E-state index in [1.54, 1.807) is 6.08 Å². The van der Waals surface area contributed by atoms with Crippen LogP contribution in [0.2, 0.25) is 0 Å². The Morgan fingerprint density at radius 3 is 1.97 bits per heavy atom. The van der Waals surface area contributed by atoms with Crippen molar-refractivity contribution in [3.8, 4) is 0 Å². The first-order valence-corrected chi connectivity index (χ1v) is 28.2. The van der Waals surface area contributed by atoms with Crippen molar-refractivity contribution in [1.29, 1.82) is 0 Å². The second-order valence-corrected chi connectivity index (χ2v) is 20.2. The first-order valence-electron chi connectivity index (χ1n) is 28.2. The number of nitrogens with zero attached hydrogens (tertiary/aromatic N) is 2. The minimum atomic E-state index is -0.434. The molecule has 1 aliphatic carbocycles. The van der Waals surface area contributed by atoms with Crippen LogP contribution in [0, 0.1) is 23.2 Å². The molecule has 0 radical (unpaired) electrons. The zero-order valence-corrected chi connectivity index (χ0v) is 48.4. The lowest BCUT2D eigenvalue weighted by Crippen LogP contribution is -2.50. The smallest absolute Gasteiger partial charge is 0.237 e. The van der Waals surface area contributed by atoms with E-state index in [0.29, 0.717) is 17.0 Å². The molecule has 5 nitrogen and oxygen atoms in total. The molecule has 1 unspecified atom stereocenters. The van der Waals surface area contributed by atoms with E-state index in [-0.39, 0.29) is 11.9 Å². The van der Waals surface area contributed by atoms with Crippen LogP contribution in [0.4, 0.5) is 10.1 Å². The van der Waals surface area contributed by atoms with Crippen LogP contribution in [0.5, 0.6) is 0 Å². The number of anilines is 1. The molecule has 0 aromatic heterocycles. The largest absolute Gasteiger partial charge is 0.381 e. The summed E-state index contributed by atoms with van der Waals surface area (Å²) in [7, 11) is 0. The molecule has 4 rings (SSSR count). The van der Waals surface area contributed by atoms with Crippen molar-refractivity contribution in [2.75, 3.05) is 18.1 Å². The number of rotatable bonds is 23. The number of hydrogen-bond donors (Lipinski definition) is 1. The summed E-state index contributed by atoms with van der Waals surface area (Å²) in [5.74, 6) is 2.48. The van der Waals surface area contributed by atoms with Crippen LogP contribution in [0.3, 0.4) is 0 Å². The van der Waals surface area contributed by atoms with Crippen molar-refractivity contribution < 1.29 is 13.9 Å². The highest BCUT2D eigenvalue weighted by molar-refractivity contribution is 6.09. The van der Waals surface area contributed by atoms with E-state index in [1.807, 2.05) is 59.9 Å². The van der Waals surface area contributed by atoms with Crippen LogP contribution in [0.1, 0.15) is 245 Å². The highest BCUT2D eigenvalue weighted by Gasteiger charge is 2.53. The number of carbonyl (C=O) groups excluding carboxylic acids is 1. The lowest BCUT2D eigenvalue weighted by atomic mass is 9.73. The Hall–Kier alpha value is -3.51. The van der Waals surface area contributed by atoms with Crippen molar-refractivity contribution in [2.45, 2.75) is 246 Å². The Bertz CT molecular complexity index is 1790. The number of halogens is 1. The van der Waals surface area contributed by atoms with Crippen LogP contribution < -0.4 is 10.2 Å². The molecule has 1 atom stereocenters. The maximum atomic E-state index is 15.0. The molecule has 394 valence electrons. The van der Waals surface area contributed by atoms with Crippen molar-refractivity contribution in [3.05, 3.63) is 94.3 Å². The fourth-order valence-electron chi connectivity index (χ4n) is 9.13. The number of fused-ring (bicyclic) bond motifs is 1. The van der Waals surface area contributed by atoms with E-state index in [9.17, 15) is 4.79 Å². The highest BCUT2D eigenvalue weighted by atomic mass is 19.1. The van der Waals surface area contributed by atoms with E-state index in [0.717, 1.165) is 123 Å². The van der Waals surface area contributed by atoms with E-state index < -0.39 is 5.41 Å². The maximum absolute atomic E-state index is 15.0. The fourth-order valence-corrected chi connectivity index (χ4v) is 9.13. The average molecular weight is 959 g/mol. The number of benzene rings is 1. The van der Waals surface area contributed by atoms with Gasteiger partial charge < -0.3 is 15.0 Å². The lowest BCUT2D eigenvalue weighted by Gasteiger charge is -2.42. The number of aliphatic imine (C=N–C) groups is 1. The molecule has 2 fully saturated rings. The molecular formula is C63H108FN3O2. The molecule has 1 saturated heterocycles. The summed E-state index contributed by atoms with van der Waals surface area (Å²) in [6.07, 6.45) is 30.6.